The average molecular weight is 1150 g/mol. The number of hydrogen-bond acceptors (Lipinski definition) is 5. The summed E-state index contributed by atoms with van der Waals surface area (Å²) in [5.41, 5.74) is 0. The van der Waals surface area contributed by atoms with Crippen molar-refractivity contribution in [2.75, 3.05) is 40.9 Å². The fourth-order valence-corrected chi connectivity index (χ4v) is 10.8. The molecular weight excluding hydrogens is 1020 g/mol. The molecule has 0 saturated carbocycles. The summed E-state index contributed by atoms with van der Waals surface area (Å²) in [7, 11) is 1.61. The number of phosphoric acid groups is 1. The highest BCUT2D eigenvalue weighted by Crippen LogP contribution is 2.43. The maximum atomic E-state index is 13.1. The van der Waals surface area contributed by atoms with Gasteiger partial charge in [-0.25, -0.2) is 4.57 Å². The van der Waals surface area contributed by atoms with E-state index in [9.17, 15) is 19.4 Å². The first-order valence-corrected chi connectivity index (χ1v) is 35.9. The van der Waals surface area contributed by atoms with Gasteiger partial charge in [-0.1, -0.05) is 324 Å². The molecule has 0 spiro atoms. The Hall–Kier alpha value is -2.32. The van der Waals surface area contributed by atoms with Crippen molar-refractivity contribution < 1.29 is 32.9 Å². The van der Waals surface area contributed by atoms with Crippen molar-refractivity contribution >= 4 is 13.7 Å². The van der Waals surface area contributed by atoms with Crippen LogP contribution in [0.15, 0.2) is 85.1 Å². The fourth-order valence-electron chi connectivity index (χ4n) is 10.1. The molecule has 81 heavy (non-hydrogen) atoms. The van der Waals surface area contributed by atoms with Crippen LogP contribution in [-0.2, 0) is 18.4 Å². The van der Waals surface area contributed by atoms with E-state index >= 15 is 0 Å². The van der Waals surface area contributed by atoms with Crippen LogP contribution in [0.5, 0.6) is 0 Å². The van der Waals surface area contributed by atoms with Crippen molar-refractivity contribution in [3.63, 3.8) is 0 Å². The molecule has 0 fully saturated rings. The zero-order chi connectivity index (χ0) is 59.1. The van der Waals surface area contributed by atoms with Crippen molar-refractivity contribution in [2.45, 2.75) is 328 Å². The SMILES string of the molecule is CC/C=C\C/C=C\C/C=C\C/C=C\C/C=C\C/C=C\C/C=C\CCCCCCCCCCCC(=O)NC(COP(=O)(O)OCC[N+](C)(C)C)C(O)CCCCCCCCCCCCCCCCCCCCCCCCCCCCCC. The van der Waals surface area contributed by atoms with Crippen molar-refractivity contribution in [3.05, 3.63) is 85.1 Å². The summed E-state index contributed by atoms with van der Waals surface area (Å²) in [6, 6.07) is -0.771. The van der Waals surface area contributed by atoms with Gasteiger partial charge < -0.3 is 19.8 Å². The highest BCUT2D eigenvalue weighted by atomic mass is 31.2. The molecular formula is C72H134N2O6P+. The maximum absolute atomic E-state index is 13.1. The number of nitrogens with zero attached hydrogens (tertiary/aromatic N) is 1. The van der Waals surface area contributed by atoms with Gasteiger partial charge in [0.15, 0.2) is 0 Å². The van der Waals surface area contributed by atoms with Gasteiger partial charge in [-0.2, -0.15) is 0 Å². The lowest BCUT2D eigenvalue weighted by Gasteiger charge is -2.26. The van der Waals surface area contributed by atoms with Crippen LogP contribution in [0, 0.1) is 0 Å². The Kier molecular flexibility index (Phi) is 60.4. The van der Waals surface area contributed by atoms with Crippen LogP contribution in [0.1, 0.15) is 316 Å². The molecule has 0 aromatic heterocycles. The van der Waals surface area contributed by atoms with Gasteiger partial charge in [-0.3, -0.25) is 13.8 Å². The minimum atomic E-state index is -4.34. The number of unbranched alkanes of at least 4 members (excludes halogenated alkanes) is 36. The van der Waals surface area contributed by atoms with E-state index < -0.39 is 20.0 Å². The van der Waals surface area contributed by atoms with E-state index in [1.807, 2.05) is 21.1 Å². The highest BCUT2D eigenvalue weighted by Gasteiger charge is 2.28. The molecule has 3 unspecified atom stereocenters. The van der Waals surface area contributed by atoms with E-state index in [-0.39, 0.29) is 19.1 Å². The van der Waals surface area contributed by atoms with Crippen LogP contribution in [0.3, 0.4) is 0 Å². The standard InChI is InChI=1S/C72H133N2O6P/c1-6-8-10-12-14-16-18-20-22-24-26-28-30-32-34-36-37-38-40-42-44-46-48-50-52-54-56-58-60-62-64-66-72(76)73-70(69-80-81(77,78)79-68-67-74(3,4)5)71(75)65-63-61-59-57-55-53-51-49-47-45-43-41-39-35-33-31-29-27-25-23-21-19-17-15-13-11-9-7-2/h8,10,14,16,20,22,26,28,32,34,37-38,42,44,70-71,75H,6-7,9,11-13,15,17-19,21,23-25,27,29-31,33,35-36,39-41,43,45-69H2,1-5H3,(H-,73,76,77,78)/p+1/b10-8-,16-14-,22-20-,28-26-,34-32-,38-37-,44-42-. The lowest BCUT2D eigenvalue weighted by atomic mass is 10.0. The molecule has 0 aliphatic carbocycles. The number of aliphatic hydroxyl groups excluding tert-OH is 1. The number of phosphoric ester groups is 1. The molecule has 0 aliphatic rings. The number of allylic oxidation sites excluding steroid dienone is 14. The fraction of sp³-hybridized carbons (Fsp3) is 0.792. The van der Waals surface area contributed by atoms with Crippen LogP contribution < -0.4 is 5.32 Å². The van der Waals surface area contributed by atoms with E-state index in [4.69, 9.17) is 9.05 Å². The number of carbonyl (C=O) groups is 1. The second-order valence-corrected chi connectivity index (χ2v) is 26.0. The lowest BCUT2D eigenvalue weighted by molar-refractivity contribution is -0.870. The molecule has 0 aromatic rings. The Labute approximate surface area is 503 Å². The Bertz CT molecular complexity index is 1600. The second-order valence-electron chi connectivity index (χ2n) is 24.5. The number of quaternary nitrogens is 1. The van der Waals surface area contributed by atoms with Gasteiger partial charge in [0, 0.05) is 6.42 Å². The van der Waals surface area contributed by atoms with E-state index in [0.29, 0.717) is 23.9 Å². The molecule has 3 N–H and O–H groups in total. The quantitative estimate of drug-likeness (QED) is 0.0243. The Morgan fingerprint density at radius 2 is 0.741 bits per heavy atom. The zero-order valence-electron chi connectivity index (χ0n) is 54.0. The first-order valence-electron chi connectivity index (χ1n) is 34.5. The van der Waals surface area contributed by atoms with E-state index in [1.54, 1.807) is 0 Å². The summed E-state index contributed by atoms with van der Waals surface area (Å²) in [6.07, 6.45) is 88.2. The average Bonchev–Trinajstić information content (AvgIpc) is 3.43. The van der Waals surface area contributed by atoms with Gasteiger partial charge in [-0.05, 0) is 70.6 Å². The Balaban J connectivity index is 4.10. The molecule has 9 heteroatoms. The van der Waals surface area contributed by atoms with E-state index in [1.165, 1.54) is 199 Å². The predicted octanol–water partition coefficient (Wildman–Crippen LogP) is 21.9. The lowest BCUT2D eigenvalue weighted by Crippen LogP contribution is -2.46. The third-order valence-electron chi connectivity index (χ3n) is 15.4. The molecule has 0 heterocycles. The normalized spacial score (nSPS) is 14.2. The molecule has 8 nitrogen and oxygen atoms in total. The first kappa shape index (κ1) is 78.7. The highest BCUT2D eigenvalue weighted by molar-refractivity contribution is 7.47. The van der Waals surface area contributed by atoms with Gasteiger partial charge in [0.1, 0.15) is 13.2 Å². The number of rotatable bonds is 63. The molecule has 0 aromatic carbocycles. The van der Waals surface area contributed by atoms with Gasteiger partial charge in [0.25, 0.3) is 0 Å². The van der Waals surface area contributed by atoms with Crippen LogP contribution >= 0.6 is 7.82 Å². The summed E-state index contributed by atoms with van der Waals surface area (Å²) in [6.45, 7) is 4.80. The van der Waals surface area contributed by atoms with Gasteiger partial charge in [-0.15, -0.1) is 0 Å². The molecule has 472 valence electrons. The van der Waals surface area contributed by atoms with Crippen molar-refractivity contribution in [2.24, 2.45) is 0 Å². The monoisotopic (exact) mass is 1150 g/mol. The van der Waals surface area contributed by atoms with E-state index in [2.05, 4.69) is 104 Å². The van der Waals surface area contributed by atoms with Crippen LogP contribution in [0.2, 0.25) is 0 Å². The number of carbonyl (C=O) groups excluding carboxylic acids is 1. The smallest absolute Gasteiger partial charge is 0.391 e. The minimum absolute atomic E-state index is 0.0704. The topological polar surface area (TPSA) is 105 Å². The van der Waals surface area contributed by atoms with E-state index in [0.717, 1.165) is 89.9 Å². The summed E-state index contributed by atoms with van der Waals surface area (Å²) in [5, 5.41) is 14.1. The van der Waals surface area contributed by atoms with Crippen molar-refractivity contribution in [1.29, 1.82) is 0 Å². The summed E-state index contributed by atoms with van der Waals surface area (Å²) in [4.78, 5) is 23.5. The molecule has 0 aliphatic heterocycles. The summed E-state index contributed by atoms with van der Waals surface area (Å²) < 4.78 is 23.9. The molecule has 3 atom stereocenters. The largest absolute Gasteiger partial charge is 0.472 e. The molecule has 0 bridgehead atoms. The summed E-state index contributed by atoms with van der Waals surface area (Å²) in [5.74, 6) is -0.150. The number of aliphatic hydroxyl groups is 1. The minimum Gasteiger partial charge on any atom is -0.391 e. The number of amides is 1. The summed E-state index contributed by atoms with van der Waals surface area (Å²) >= 11 is 0. The molecule has 0 rings (SSSR count). The third-order valence-corrected chi connectivity index (χ3v) is 16.4. The van der Waals surface area contributed by atoms with Gasteiger partial charge in [0.05, 0.1) is 39.9 Å². The molecule has 0 radical (unpaired) electrons. The zero-order valence-corrected chi connectivity index (χ0v) is 54.9. The first-order chi connectivity index (χ1) is 39.5. The second kappa shape index (κ2) is 62.2. The Morgan fingerprint density at radius 1 is 0.432 bits per heavy atom. The molecule has 1 amide bonds. The van der Waals surface area contributed by atoms with Gasteiger partial charge >= 0.3 is 7.82 Å². The van der Waals surface area contributed by atoms with Crippen LogP contribution in [0.4, 0.5) is 0 Å². The van der Waals surface area contributed by atoms with Crippen molar-refractivity contribution in [1.82, 2.24) is 5.32 Å². The predicted molar refractivity (Wildman–Crippen MR) is 355 cm³/mol. The van der Waals surface area contributed by atoms with Crippen molar-refractivity contribution in [3.8, 4) is 0 Å². The number of likely N-dealkylation sites (N-methyl/N-ethyl adjacent to an activating group) is 1. The van der Waals surface area contributed by atoms with Crippen LogP contribution in [0.25, 0.3) is 0 Å². The van der Waals surface area contributed by atoms with Gasteiger partial charge in [0.2, 0.25) is 5.91 Å². The Morgan fingerprint density at radius 3 is 1.09 bits per heavy atom. The van der Waals surface area contributed by atoms with Crippen LogP contribution in [-0.4, -0.2) is 73.4 Å². The molecule has 0 saturated heterocycles. The number of nitrogens with one attached hydrogen (secondary N) is 1. The third kappa shape index (κ3) is 65.1. The maximum Gasteiger partial charge on any atom is 0.472 e. The number of hydrogen-bond donors (Lipinski definition) is 3.